The van der Waals surface area contributed by atoms with Gasteiger partial charge in [-0.15, -0.1) is 0 Å². The molecule has 1 aromatic carbocycles. The Hall–Kier alpha value is -1.23. The van der Waals surface area contributed by atoms with Crippen LogP contribution in [0.25, 0.3) is 11.1 Å². The fourth-order valence-corrected chi connectivity index (χ4v) is 2.59. The van der Waals surface area contributed by atoms with Gasteiger partial charge in [0.1, 0.15) is 21.7 Å². The van der Waals surface area contributed by atoms with Gasteiger partial charge in [0, 0.05) is 6.61 Å². The first-order chi connectivity index (χ1) is 9.85. The fraction of sp³-hybridized carbons (Fsp3) is 0.333. The van der Waals surface area contributed by atoms with Crippen molar-refractivity contribution in [3.05, 3.63) is 46.2 Å². The van der Waals surface area contributed by atoms with E-state index in [1.807, 2.05) is 20.8 Å². The van der Waals surface area contributed by atoms with Crippen molar-refractivity contribution in [1.82, 2.24) is 9.97 Å². The van der Waals surface area contributed by atoms with Crippen LogP contribution in [-0.2, 0) is 10.3 Å². The zero-order chi connectivity index (χ0) is 15.6. The summed E-state index contributed by atoms with van der Waals surface area (Å²) in [4.78, 5) is 8.51. The van der Waals surface area contributed by atoms with Gasteiger partial charge in [0.15, 0.2) is 5.82 Å². The molecule has 0 radical (unpaired) electrons. The third-order valence-electron chi connectivity index (χ3n) is 2.98. The molecule has 2 rings (SSSR count). The van der Waals surface area contributed by atoms with E-state index in [-0.39, 0.29) is 16.1 Å². The van der Waals surface area contributed by atoms with Crippen molar-refractivity contribution in [3.8, 4) is 11.1 Å². The number of halogens is 3. The van der Waals surface area contributed by atoms with Crippen molar-refractivity contribution in [3.63, 3.8) is 0 Å². The molecule has 0 atom stereocenters. The van der Waals surface area contributed by atoms with Crippen LogP contribution >= 0.6 is 23.2 Å². The van der Waals surface area contributed by atoms with Gasteiger partial charge >= 0.3 is 0 Å². The first kappa shape index (κ1) is 16.1. The van der Waals surface area contributed by atoms with Gasteiger partial charge in [0.05, 0.1) is 5.56 Å². The maximum absolute atomic E-state index is 13.3. The van der Waals surface area contributed by atoms with Gasteiger partial charge in [-0.1, -0.05) is 35.3 Å². The molecule has 3 nitrogen and oxygen atoms in total. The Morgan fingerprint density at radius 2 is 1.81 bits per heavy atom. The minimum atomic E-state index is -0.706. The molecule has 0 N–H and O–H groups in total. The summed E-state index contributed by atoms with van der Waals surface area (Å²) in [6, 6.07) is 5.96. The van der Waals surface area contributed by atoms with E-state index in [0.717, 1.165) is 0 Å². The SMILES string of the molecule is CCOC(C)(C)c1nc(Cl)c(-c2cccc(F)c2)c(Cl)n1. The summed E-state index contributed by atoms with van der Waals surface area (Å²) in [7, 11) is 0. The number of nitrogens with zero attached hydrogens (tertiary/aromatic N) is 2. The molecule has 0 amide bonds. The molecule has 0 fully saturated rings. The molecule has 1 heterocycles. The molecule has 0 saturated carbocycles. The second kappa shape index (κ2) is 6.26. The van der Waals surface area contributed by atoms with Crippen LogP contribution in [0.15, 0.2) is 24.3 Å². The standard InChI is InChI=1S/C15H15Cl2FN2O/c1-4-21-15(2,3)14-19-12(16)11(13(17)20-14)9-6-5-7-10(18)8-9/h5-8H,4H2,1-3H3. The van der Waals surface area contributed by atoms with Crippen molar-refractivity contribution in [2.75, 3.05) is 6.61 Å². The summed E-state index contributed by atoms with van der Waals surface area (Å²) in [6.07, 6.45) is 0. The highest BCUT2D eigenvalue weighted by atomic mass is 35.5. The lowest BCUT2D eigenvalue weighted by atomic mass is 10.1. The number of ether oxygens (including phenoxy) is 1. The zero-order valence-electron chi connectivity index (χ0n) is 12.0. The first-order valence-corrected chi connectivity index (χ1v) is 7.24. The average Bonchev–Trinajstić information content (AvgIpc) is 2.37. The Morgan fingerprint density at radius 3 is 2.33 bits per heavy atom. The smallest absolute Gasteiger partial charge is 0.163 e. The van der Waals surface area contributed by atoms with Gasteiger partial charge in [-0.2, -0.15) is 0 Å². The van der Waals surface area contributed by atoms with Crippen molar-refractivity contribution in [2.45, 2.75) is 26.4 Å². The van der Waals surface area contributed by atoms with Crippen LogP contribution in [0.2, 0.25) is 10.3 Å². The average molecular weight is 329 g/mol. The topological polar surface area (TPSA) is 35.0 Å². The molecule has 112 valence electrons. The Bertz CT molecular complexity index is 639. The Morgan fingerprint density at radius 1 is 1.19 bits per heavy atom. The van der Waals surface area contributed by atoms with E-state index < -0.39 is 5.60 Å². The Balaban J connectivity index is 2.52. The summed E-state index contributed by atoms with van der Waals surface area (Å²) >= 11 is 12.4. The van der Waals surface area contributed by atoms with Crippen LogP contribution in [0.5, 0.6) is 0 Å². The minimum absolute atomic E-state index is 0.170. The van der Waals surface area contributed by atoms with Crippen LogP contribution in [-0.4, -0.2) is 16.6 Å². The molecule has 0 spiro atoms. The maximum atomic E-state index is 13.3. The minimum Gasteiger partial charge on any atom is -0.368 e. The molecule has 2 aromatic rings. The van der Waals surface area contributed by atoms with Crippen molar-refractivity contribution in [1.29, 1.82) is 0 Å². The first-order valence-electron chi connectivity index (χ1n) is 6.48. The summed E-state index contributed by atoms with van der Waals surface area (Å²) < 4.78 is 18.9. The van der Waals surface area contributed by atoms with Crippen molar-refractivity contribution >= 4 is 23.2 Å². The van der Waals surface area contributed by atoms with Crippen molar-refractivity contribution in [2.24, 2.45) is 0 Å². The zero-order valence-corrected chi connectivity index (χ0v) is 13.5. The predicted molar refractivity (Wildman–Crippen MR) is 82.1 cm³/mol. The second-order valence-corrected chi connectivity index (χ2v) is 5.67. The quantitative estimate of drug-likeness (QED) is 0.751. The molecular formula is C15H15Cl2FN2O. The van der Waals surface area contributed by atoms with Gasteiger partial charge in [-0.25, -0.2) is 14.4 Å². The summed E-state index contributed by atoms with van der Waals surface area (Å²) in [5, 5.41) is 0.340. The highest BCUT2D eigenvalue weighted by Crippen LogP contribution is 2.35. The summed E-state index contributed by atoms with van der Waals surface area (Å²) in [6.45, 7) is 6.06. The van der Waals surface area contributed by atoms with E-state index in [2.05, 4.69) is 9.97 Å². The van der Waals surface area contributed by atoms with Gasteiger partial charge in [-0.05, 0) is 38.5 Å². The highest BCUT2D eigenvalue weighted by molar-refractivity contribution is 6.37. The largest absolute Gasteiger partial charge is 0.368 e. The number of hydrogen-bond acceptors (Lipinski definition) is 3. The Labute approximate surface area is 133 Å². The van der Waals surface area contributed by atoms with E-state index in [9.17, 15) is 4.39 Å². The second-order valence-electron chi connectivity index (χ2n) is 4.96. The molecule has 0 aliphatic carbocycles. The molecule has 6 heteroatoms. The number of aromatic nitrogens is 2. The monoisotopic (exact) mass is 328 g/mol. The molecule has 0 aliphatic rings. The highest BCUT2D eigenvalue weighted by Gasteiger charge is 2.27. The number of benzene rings is 1. The van der Waals surface area contributed by atoms with E-state index in [0.29, 0.717) is 23.6 Å². The van der Waals surface area contributed by atoms with Gasteiger partial charge < -0.3 is 4.74 Å². The third-order valence-corrected chi connectivity index (χ3v) is 3.52. The lowest BCUT2D eigenvalue weighted by molar-refractivity contribution is -0.0207. The van der Waals surface area contributed by atoms with Crippen LogP contribution in [0, 0.1) is 5.82 Å². The Kier molecular flexibility index (Phi) is 4.81. The molecule has 1 aromatic heterocycles. The molecule has 0 aliphatic heterocycles. The molecule has 21 heavy (non-hydrogen) atoms. The fourth-order valence-electron chi connectivity index (χ4n) is 1.98. The van der Waals surface area contributed by atoms with Crippen LogP contribution in [0.3, 0.4) is 0 Å². The molecule has 0 bridgehead atoms. The predicted octanol–water partition coefficient (Wildman–Crippen LogP) is 4.86. The van der Waals surface area contributed by atoms with E-state index in [4.69, 9.17) is 27.9 Å². The maximum Gasteiger partial charge on any atom is 0.163 e. The molecular weight excluding hydrogens is 314 g/mol. The summed E-state index contributed by atoms with van der Waals surface area (Å²) in [5.41, 5.74) is 0.238. The van der Waals surface area contributed by atoms with Crippen molar-refractivity contribution < 1.29 is 9.13 Å². The van der Waals surface area contributed by atoms with Gasteiger partial charge in [-0.3, -0.25) is 0 Å². The lowest BCUT2D eigenvalue weighted by Crippen LogP contribution is -2.25. The van der Waals surface area contributed by atoms with E-state index in [1.54, 1.807) is 12.1 Å². The number of hydrogen-bond donors (Lipinski definition) is 0. The molecule has 0 unspecified atom stereocenters. The van der Waals surface area contributed by atoms with Crippen LogP contribution in [0.1, 0.15) is 26.6 Å². The van der Waals surface area contributed by atoms with Crippen LogP contribution in [0.4, 0.5) is 4.39 Å². The van der Waals surface area contributed by atoms with E-state index in [1.165, 1.54) is 12.1 Å². The normalized spacial score (nSPS) is 11.7. The van der Waals surface area contributed by atoms with Gasteiger partial charge in [0.2, 0.25) is 0 Å². The van der Waals surface area contributed by atoms with Gasteiger partial charge in [0.25, 0.3) is 0 Å². The number of rotatable bonds is 4. The lowest BCUT2D eigenvalue weighted by Gasteiger charge is -2.23. The third kappa shape index (κ3) is 3.51. The van der Waals surface area contributed by atoms with Crippen LogP contribution < -0.4 is 0 Å². The van der Waals surface area contributed by atoms with E-state index >= 15 is 0 Å². The summed E-state index contributed by atoms with van der Waals surface area (Å²) in [5.74, 6) is 0.0119. The molecule has 0 saturated heterocycles.